The molecule has 1 aliphatic rings. The van der Waals surface area contributed by atoms with Crippen LogP contribution >= 0.6 is 15.9 Å². The Balaban J connectivity index is 1.98. The highest BCUT2D eigenvalue weighted by Gasteiger charge is 2.27. The zero-order valence-corrected chi connectivity index (χ0v) is 13.6. The van der Waals surface area contributed by atoms with E-state index in [0.29, 0.717) is 11.4 Å². The maximum Gasteiger partial charge on any atom is 0.241 e. The van der Waals surface area contributed by atoms with Crippen molar-refractivity contribution in [2.24, 2.45) is 0 Å². The predicted molar refractivity (Wildman–Crippen MR) is 86.9 cm³/mol. The summed E-state index contributed by atoms with van der Waals surface area (Å²) in [6, 6.07) is 7.24. The van der Waals surface area contributed by atoms with Crippen LogP contribution in [0.15, 0.2) is 39.4 Å². The van der Waals surface area contributed by atoms with Gasteiger partial charge in [0.05, 0.1) is 24.1 Å². The van der Waals surface area contributed by atoms with Crippen LogP contribution in [0.25, 0.3) is 0 Å². The molecule has 2 aromatic rings. The number of rotatable bonds is 3. The van der Waals surface area contributed by atoms with Crippen LogP contribution in [0.2, 0.25) is 0 Å². The van der Waals surface area contributed by atoms with E-state index in [1.165, 1.54) is 18.1 Å². The van der Waals surface area contributed by atoms with Gasteiger partial charge in [0.2, 0.25) is 11.8 Å². The zero-order valence-electron chi connectivity index (χ0n) is 12.1. The van der Waals surface area contributed by atoms with Gasteiger partial charge in [0.1, 0.15) is 5.76 Å². The van der Waals surface area contributed by atoms with E-state index in [1.54, 1.807) is 18.2 Å². The lowest BCUT2D eigenvalue weighted by molar-refractivity contribution is -0.125. The number of imide groups is 1. The Kier molecular flexibility index (Phi) is 4.02. The highest BCUT2D eigenvalue weighted by molar-refractivity contribution is 9.10. The van der Waals surface area contributed by atoms with Gasteiger partial charge in [-0.25, -0.2) is 4.90 Å². The molecule has 22 heavy (non-hydrogen) atoms. The molecule has 0 aliphatic carbocycles. The first-order valence-electron chi connectivity index (χ1n) is 6.98. The summed E-state index contributed by atoms with van der Waals surface area (Å²) < 4.78 is 6.05. The molecule has 3 rings (SSSR count). The Labute approximate surface area is 136 Å². The quantitative estimate of drug-likeness (QED) is 0.910. The Hall–Kier alpha value is -2.08. The number of amides is 2. The molecule has 0 saturated heterocycles. The second-order valence-electron chi connectivity index (χ2n) is 5.14. The molecule has 1 aromatic heterocycles. The van der Waals surface area contributed by atoms with E-state index in [9.17, 15) is 9.59 Å². The molecule has 0 radical (unpaired) electrons. The van der Waals surface area contributed by atoms with Gasteiger partial charge in [-0.3, -0.25) is 9.59 Å². The average molecular weight is 363 g/mol. The number of furan rings is 1. The van der Waals surface area contributed by atoms with Gasteiger partial charge in [-0.15, -0.1) is 0 Å². The van der Waals surface area contributed by atoms with Crippen molar-refractivity contribution in [1.82, 2.24) is 0 Å². The number of fused-ring (bicyclic) bond motifs is 1. The van der Waals surface area contributed by atoms with Crippen molar-refractivity contribution in [1.29, 1.82) is 0 Å². The minimum absolute atomic E-state index is 0.0495. The zero-order chi connectivity index (χ0) is 15.7. The van der Waals surface area contributed by atoms with Crippen molar-refractivity contribution in [3.63, 3.8) is 0 Å². The van der Waals surface area contributed by atoms with Gasteiger partial charge in [0.25, 0.3) is 0 Å². The van der Waals surface area contributed by atoms with E-state index in [0.717, 1.165) is 28.7 Å². The van der Waals surface area contributed by atoms with Crippen molar-refractivity contribution in [2.45, 2.75) is 19.8 Å². The number of anilines is 2. The van der Waals surface area contributed by atoms with Crippen LogP contribution in [0.5, 0.6) is 0 Å². The number of hydrogen-bond donors (Lipinski definition) is 1. The van der Waals surface area contributed by atoms with Gasteiger partial charge >= 0.3 is 0 Å². The summed E-state index contributed by atoms with van der Waals surface area (Å²) in [5, 5.41) is 3.25. The summed E-state index contributed by atoms with van der Waals surface area (Å²) in [6.07, 6.45) is 2.44. The topological polar surface area (TPSA) is 62.6 Å². The molecular weight excluding hydrogens is 348 g/mol. The number of benzene rings is 1. The number of carbonyl (C=O) groups excluding carboxylic acids is 2. The summed E-state index contributed by atoms with van der Waals surface area (Å²) in [5.41, 5.74) is 2.54. The van der Waals surface area contributed by atoms with Crippen molar-refractivity contribution in [3.05, 3.63) is 46.3 Å². The third-order valence-electron chi connectivity index (χ3n) is 3.57. The fraction of sp³-hybridized carbons (Fsp3) is 0.250. The summed E-state index contributed by atoms with van der Waals surface area (Å²) in [5.74, 6) is -0.0853. The fourth-order valence-electron chi connectivity index (χ4n) is 2.67. The van der Waals surface area contributed by atoms with E-state index in [-0.39, 0.29) is 18.2 Å². The Morgan fingerprint density at radius 2 is 2.23 bits per heavy atom. The van der Waals surface area contributed by atoms with Crippen molar-refractivity contribution >= 4 is 39.1 Å². The molecule has 1 aliphatic heterocycles. The number of hydrogen-bond acceptors (Lipinski definition) is 4. The van der Waals surface area contributed by atoms with Crippen LogP contribution in [-0.2, 0) is 22.4 Å². The molecule has 0 bridgehead atoms. The van der Waals surface area contributed by atoms with Gasteiger partial charge < -0.3 is 9.73 Å². The third kappa shape index (κ3) is 2.78. The molecule has 114 valence electrons. The van der Waals surface area contributed by atoms with Crippen molar-refractivity contribution in [3.8, 4) is 0 Å². The number of nitrogens with one attached hydrogen (secondary N) is 1. The highest BCUT2D eigenvalue weighted by Crippen LogP contribution is 2.37. The summed E-state index contributed by atoms with van der Waals surface area (Å²) in [6.45, 7) is 2.19. The fourth-order valence-corrected chi connectivity index (χ4v) is 3.16. The third-order valence-corrected chi connectivity index (χ3v) is 4.03. The predicted octanol–water partition coefficient (Wildman–Crippen LogP) is 3.13. The van der Waals surface area contributed by atoms with Gasteiger partial charge in [0, 0.05) is 17.9 Å². The Bertz CT molecular complexity index is 725. The maximum absolute atomic E-state index is 12.6. The molecule has 0 saturated carbocycles. The second-order valence-corrected chi connectivity index (χ2v) is 6.06. The number of carbonyl (C=O) groups is 2. The summed E-state index contributed by atoms with van der Waals surface area (Å²) in [7, 11) is 0. The molecule has 2 amide bonds. The molecule has 1 N–H and O–H groups in total. The lowest BCUT2D eigenvalue weighted by atomic mass is 10.1. The number of halogens is 1. The Morgan fingerprint density at radius 1 is 1.41 bits per heavy atom. The van der Waals surface area contributed by atoms with E-state index >= 15 is 0 Å². The molecule has 0 spiro atoms. The van der Waals surface area contributed by atoms with Crippen LogP contribution in [0.3, 0.4) is 0 Å². The van der Waals surface area contributed by atoms with Gasteiger partial charge in [-0.1, -0.05) is 15.9 Å². The first-order chi connectivity index (χ1) is 10.6. The first kappa shape index (κ1) is 14.8. The molecule has 0 atom stereocenters. The monoisotopic (exact) mass is 362 g/mol. The molecule has 5 nitrogen and oxygen atoms in total. The van der Waals surface area contributed by atoms with Gasteiger partial charge in [-0.05, 0) is 36.2 Å². The van der Waals surface area contributed by atoms with E-state index in [1.807, 2.05) is 6.07 Å². The standard InChI is InChI=1S/C16H15BrN2O3/c1-10(20)19(15(21)9-13-3-2-6-22-13)14-8-12(17)7-11-4-5-18-16(11)14/h2-3,6-8,18H,4-5,9H2,1H3. The average Bonchev–Trinajstić information content (AvgIpc) is 3.08. The SMILES string of the molecule is CC(=O)N(C(=O)Cc1ccco1)c1cc(Br)cc2c1NCC2. The van der Waals surface area contributed by atoms with Crippen LogP contribution in [-0.4, -0.2) is 18.4 Å². The number of nitrogens with zero attached hydrogens (tertiary/aromatic N) is 1. The maximum atomic E-state index is 12.6. The van der Waals surface area contributed by atoms with Crippen molar-refractivity contribution in [2.75, 3.05) is 16.8 Å². The van der Waals surface area contributed by atoms with Gasteiger partial charge in [0.15, 0.2) is 0 Å². The molecule has 2 heterocycles. The first-order valence-corrected chi connectivity index (χ1v) is 7.78. The molecular formula is C16H15BrN2O3. The normalized spacial score (nSPS) is 12.6. The smallest absolute Gasteiger partial charge is 0.241 e. The van der Waals surface area contributed by atoms with Crippen LogP contribution in [0.1, 0.15) is 18.2 Å². The molecule has 1 aromatic carbocycles. The van der Waals surface area contributed by atoms with E-state index in [2.05, 4.69) is 21.2 Å². The highest BCUT2D eigenvalue weighted by atomic mass is 79.9. The van der Waals surface area contributed by atoms with E-state index < -0.39 is 0 Å². The van der Waals surface area contributed by atoms with Crippen LogP contribution in [0, 0.1) is 0 Å². The Morgan fingerprint density at radius 3 is 2.91 bits per heavy atom. The molecule has 0 unspecified atom stereocenters. The molecule has 6 heteroatoms. The minimum Gasteiger partial charge on any atom is -0.469 e. The summed E-state index contributed by atoms with van der Waals surface area (Å²) >= 11 is 3.45. The molecule has 0 fully saturated rings. The minimum atomic E-state index is -0.314. The largest absolute Gasteiger partial charge is 0.469 e. The van der Waals surface area contributed by atoms with E-state index in [4.69, 9.17) is 4.42 Å². The van der Waals surface area contributed by atoms with Crippen molar-refractivity contribution < 1.29 is 14.0 Å². The lowest BCUT2D eigenvalue weighted by Gasteiger charge is -2.22. The van der Waals surface area contributed by atoms with Crippen LogP contribution < -0.4 is 10.2 Å². The van der Waals surface area contributed by atoms with Crippen LogP contribution in [0.4, 0.5) is 11.4 Å². The lowest BCUT2D eigenvalue weighted by Crippen LogP contribution is -2.36. The van der Waals surface area contributed by atoms with Gasteiger partial charge in [-0.2, -0.15) is 0 Å². The summed E-state index contributed by atoms with van der Waals surface area (Å²) in [4.78, 5) is 25.8. The second kappa shape index (κ2) is 5.96.